The molecule has 100 valence electrons. The summed E-state index contributed by atoms with van der Waals surface area (Å²) < 4.78 is 6.17. The van der Waals surface area contributed by atoms with Crippen LogP contribution in [0.5, 0.6) is 0 Å². The van der Waals surface area contributed by atoms with Gasteiger partial charge >= 0.3 is 5.97 Å². The van der Waals surface area contributed by atoms with Crippen molar-refractivity contribution in [2.75, 3.05) is 12.8 Å². The number of esters is 1. The van der Waals surface area contributed by atoms with Crippen LogP contribution in [0, 0.1) is 0 Å². The van der Waals surface area contributed by atoms with Gasteiger partial charge in [0.05, 0.1) is 12.7 Å². The Kier molecular flexibility index (Phi) is 2.83. The minimum atomic E-state index is -0.455. The number of carbonyl (C=O) groups is 1. The van der Waals surface area contributed by atoms with Gasteiger partial charge in [-0.2, -0.15) is 4.52 Å². The molecule has 0 radical (unpaired) electrons. The van der Waals surface area contributed by atoms with Crippen LogP contribution in [0.4, 0.5) is 5.82 Å². The molecule has 3 rings (SSSR count). The van der Waals surface area contributed by atoms with E-state index in [1.807, 2.05) is 30.3 Å². The Morgan fingerprint density at radius 1 is 1.25 bits per heavy atom. The van der Waals surface area contributed by atoms with Crippen LogP contribution in [-0.4, -0.2) is 27.7 Å². The molecule has 3 aromatic rings. The molecule has 20 heavy (non-hydrogen) atoms. The Morgan fingerprint density at radius 3 is 2.70 bits per heavy atom. The molecule has 1 aromatic carbocycles. The number of ether oxygens (including phenoxy) is 1. The first-order valence-corrected chi connectivity index (χ1v) is 5.99. The van der Waals surface area contributed by atoms with E-state index < -0.39 is 5.97 Å². The molecule has 0 saturated carbocycles. The molecule has 6 heteroatoms. The maximum absolute atomic E-state index is 11.6. The second-order valence-electron chi connectivity index (χ2n) is 4.23. The Bertz CT molecular complexity index is 780. The Balaban J connectivity index is 2.16. The molecule has 0 bridgehead atoms. The van der Waals surface area contributed by atoms with Crippen molar-refractivity contribution in [3.63, 3.8) is 0 Å². The third-order valence-electron chi connectivity index (χ3n) is 2.92. The number of rotatable bonds is 2. The fourth-order valence-corrected chi connectivity index (χ4v) is 1.95. The predicted octanol–water partition coefficient (Wildman–Crippen LogP) is 1.77. The van der Waals surface area contributed by atoms with Crippen LogP contribution in [0.15, 0.2) is 42.5 Å². The number of hydrogen-bond donors (Lipinski definition) is 1. The Labute approximate surface area is 114 Å². The van der Waals surface area contributed by atoms with Gasteiger partial charge in [-0.3, -0.25) is 0 Å². The molecule has 0 unspecified atom stereocenters. The number of pyridine rings is 1. The van der Waals surface area contributed by atoms with Crippen molar-refractivity contribution >= 4 is 17.4 Å². The van der Waals surface area contributed by atoms with Crippen LogP contribution in [0.25, 0.3) is 17.0 Å². The molecule has 0 aliphatic heterocycles. The van der Waals surface area contributed by atoms with E-state index >= 15 is 0 Å². The number of nitrogens with two attached hydrogens (primary N) is 1. The Morgan fingerprint density at radius 2 is 2.00 bits per heavy atom. The summed E-state index contributed by atoms with van der Waals surface area (Å²) >= 11 is 0. The quantitative estimate of drug-likeness (QED) is 0.716. The highest BCUT2D eigenvalue weighted by molar-refractivity contribution is 5.91. The minimum Gasteiger partial charge on any atom is -0.465 e. The number of nitrogens with zero attached hydrogens (tertiary/aromatic N) is 3. The van der Waals surface area contributed by atoms with Gasteiger partial charge in [-0.25, -0.2) is 9.78 Å². The van der Waals surface area contributed by atoms with E-state index in [1.165, 1.54) is 17.7 Å². The molecule has 0 fully saturated rings. The molecule has 0 saturated heterocycles. The van der Waals surface area contributed by atoms with E-state index in [0.29, 0.717) is 22.9 Å². The molecular weight excluding hydrogens is 256 g/mol. The zero-order valence-corrected chi connectivity index (χ0v) is 10.8. The number of carbonyl (C=O) groups excluding carboxylic acids is 1. The normalized spacial score (nSPS) is 10.7. The second-order valence-corrected chi connectivity index (χ2v) is 4.23. The molecular formula is C14H12N4O2. The number of anilines is 1. The highest BCUT2D eigenvalue weighted by Crippen LogP contribution is 2.19. The number of benzene rings is 1. The lowest BCUT2D eigenvalue weighted by atomic mass is 10.2. The first-order valence-electron chi connectivity index (χ1n) is 5.99. The summed E-state index contributed by atoms with van der Waals surface area (Å²) in [6.07, 6.45) is 0. The summed E-state index contributed by atoms with van der Waals surface area (Å²) in [6.45, 7) is 0. The third kappa shape index (κ3) is 1.97. The lowest BCUT2D eigenvalue weighted by molar-refractivity contribution is 0.0601. The summed E-state index contributed by atoms with van der Waals surface area (Å²) in [4.78, 5) is 15.9. The van der Waals surface area contributed by atoms with Crippen LogP contribution in [0.1, 0.15) is 10.4 Å². The van der Waals surface area contributed by atoms with E-state index in [-0.39, 0.29) is 0 Å². The van der Waals surface area contributed by atoms with Gasteiger partial charge in [0.25, 0.3) is 0 Å². The fraction of sp³-hybridized carbons (Fsp3) is 0.0714. The summed E-state index contributed by atoms with van der Waals surface area (Å²) in [5, 5.41) is 4.34. The molecule has 0 atom stereocenters. The number of nitrogen functional groups attached to an aromatic ring is 1. The summed E-state index contributed by atoms with van der Waals surface area (Å²) in [5.74, 6) is 0.431. The monoisotopic (exact) mass is 268 g/mol. The summed E-state index contributed by atoms with van der Waals surface area (Å²) in [6, 6.07) is 12.7. The van der Waals surface area contributed by atoms with Gasteiger partial charge in [0.1, 0.15) is 5.82 Å². The minimum absolute atomic E-state index is 0.331. The van der Waals surface area contributed by atoms with Gasteiger partial charge in [0.15, 0.2) is 11.5 Å². The van der Waals surface area contributed by atoms with Crippen LogP contribution in [-0.2, 0) is 4.74 Å². The zero-order valence-electron chi connectivity index (χ0n) is 10.8. The van der Waals surface area contributed by atoms with E-state index in [4.69, 9.17) is 5.73 Å². The number of fused-ring (bicyclic) bond motifs is 1. The van der Waals surface area contributed by atoms with Crippen molar-refractivity contribution < 1.29 is 9.53 Å². The first-order chi connectivity index (χ1) is 9.69. The summed E-state index contributed by atoms with van der Waals surface area (Å²) in [5.41, 5.74) is 7.63. The van der Waals surface area contributed by atoms with Gasteiger partial charge in [-0.05, 0) is 12.1 Å². The number of hydrogen-bond acceptors (Lipinski definition) is 5. The Hall–Kier alpha value is -2.89. The lowest BCUT2D eigenvalue weighted by Gasteiger charge is -2.01. The molecule has 0 aliphatic rings. The fourth-order valence-electron chi connectivity index (χ4n) is 1.95. The first kappa shape index (κ1) is 12.2. The highest BCUT2D eigenvalue weighted by Gasteiger charge is 2.13. The van der Waals surface area contributed by atoms with Crippen molar-refractivity contribution in [1.29, 1.82) is 0 Å². The topological polar surface area (TPSA) is 82.5 Å². The van der Waals surface area contributed by atoms with Crippen LogP contribution >= 0.6 is 0 Å². The molecule has 2 N–H and O–H groups in total. The van der Waals surface area contributed by atoms with Gasteiger partial charge in [0, 0.05) is 5.56 Å². The van der Waals surface area contributed by atoms with Crippen LogP contribution in [0.3, 0.4) is 0 Å². The smallest absolute Gasteiger partial charge is 0.338 e. The van der Waals surface area contributed by atoms with E-state index in [9.17, 15) is 4.79 Å². The molecule has 2 heterocycles. The van der Waals surface area contributed by atoms with E-state index in [2.05, 4.69) is 14.8 Å². The molecule has 0 amide bonds. The van der Waals surface area contributed by atoms with E-state index in [1.54, 1.807) is 6.07 Å². The van der Waals surface area contributed by atoms with Crippen molar-refractivity contribution in [1.82, 2.24) is 14.6 Å². The average Bonchev–Trinajstić information content (AvgIpc) is 2.92. The average molecular weight is 268 g/mol. The maximum Gasteiger partial charge on any atom is 0.338 e. The highest BCUT2D eigenvalue weighted by atomic mass is 16.5. The van der Waals surface area contributed by atoms with Crippen molar-refractivity contribution in [2.45, 2.75) is 0 Å². The SMILES string of the molecule is COC(=O)c1cc(N)n2nc(-c3ccccc3)nc2c1. The van der Waals surface area contributed by atoms with Crippen molar-refractivity contribution in [3.05, 3.63) is 48.0 Å². The van der Waals surface area contributed by atoms with Crippen LogP contribution < -0.4 is 5.73 Å². The lowest BCUT2D eigenvalue weighted by Crippen LogP contribution is -2.06. The number of methoxy groups -OCH3 is 1. The van der Waals surface area contributed by atoms with Gasteiger partial charge < -0.3 is 10.5 Å². The predicted molar refractivity (Wildman–Crippen MR) is 74.2 cm³/mol. The third-order valence-corrected chi connectivity index (χ3v) is 2.92. The largest absolute Gasteiger partial charge is 0.465 e. The van der Waals surface area contributed by atoms with Crippen molar-refractivity contribution in [2.24, 2.45) is 0 Å². The molecule has 2 aromatic heterocycles. The standard InChI is InChI=1S/C14H12N4O2/c1-20-14(19)10-7-11(15)18-12(8-10)16-13(17-18)9-5-3-2-4-6-9/h2-8H,15H2,1H3. The van der Waals surface area contributed by atoms with Crippen molar-refractivity contribution in [3.8, 4) is 11.4 Å². The van der Waals surface area contributed by atoms with Gasteiger partial charge in [-0.1, -0.05) is 30.3 Å². The molecule has 0 aliphatic carbocycles. The maximum atomic E-state index is 11.6. The van der Waals surface area contributed by atoms with Crippen LogP contribution in [0.2, 0.25) is 0 Å². The molecule has 0 spiro atoms. The number of aromatic nitrogens is 3. The van der Waals surface area contributed by atoms with Gasteiger partial charge in [0.2, 0.25) is 0 Å². The zero-order chi connectivity index (χ0) is 14.1. The second kappa shape index (κ2) is 4.65. The molecule has 6 nitrogen and oxygen atoms in total. The van der Waals surface area contributed by atoms with Gasteiger partial charge in [-0.15, -0.1) is 5.10 Å². The summed E-state index contributed by atoms with van der Waals surface area (Å²) in [7, 11) is 1.32. The van der Waals surface area contributed by atoms with E-state index in [0.717, 1.165) is 5.56 Å².